The van der Waals surface area contributed by atoms with Gasteiger partial charge in [0, 0.05) is 6.42 Å². The Balaban J connectivity index is 0.000000671. The topological polar surface area (TPSA) is 79.1 Å². The van der Waals surface area contributed by atoms with E-state index in [4.69, 9.17) is 14.9 Å². The average Bonchev–Trinajstić information content (AvgIpc) is 2.22. The van der Waals surface area contributed by atoms with Gasteiger partial charge in [-0.15, -0.1) is 0 Å². The lowest BCUT2D eigenvalue weighted by Gasteiger charge is -2.28. The van der Waals surface area contributed by atoms with E-state index in [0.29, 0.717) is 6.42 Å². The van der Waals surface area contributed by atoms with E-state index < -0.39 is 12.1 Å². The van der Waals surface area contributed by atoms with Crippen molar-refractivity contribution in [3.63, 3.8) is 0 Å². The molecule has 0 aromatic rings. The largest absolute Gasteiger partial charge is 0.394 e. The fraction of sp³-hybridized carbons (Fsp3) is 1.00. The molecule has 1 aliphatic heterocycles. The normalized spacial score (nSPS) is 33.1. The van der Waals surface area contributed by atoms with Gasteiger partial charge in [0.15, 0.2) is 0 Å². The van der Waals surface area contributed by atoms with Crippen LogP contribution in [0, 0.1) is 4.91 Å². The summed E-state index contributed by atoms with van der Waals surface area (Å²) in [6.07, 6.45) is -0.849. The second kappa shape index (κ2) is 6.94. The highest BCUT2D eigenvalue weighted by Crippen LogP contribution is 2.16. The predicted octanol–water partition coefficient (Wildman–Crippen LogP) is 0.290. The molecule has 0 aromatic heterocycles. The number of nitroso groups, excluding NO2 is 1. The second-order valence-corrected chi connectivity index (χ2v) is 2.61. The van der Waals surface area contributed by atoms with Gasteiger partial charge in [0.05, 0.1) is 19.3 Å². The summed E-state index contributed by atoms with van der Waals surface area (Å²) in [7, 11) is 0. The van der Waals surface area contributed by atoms with E-state index in [1.165, 1.54) is 0 Å². The van der Waals surface area contributed by atoms with Gasteiger partial charge in [-0.3, -0.25) is 0 Å². The highest BCUT2D eigenvalue weighted by Gasteiger charge is 2.30. The van der Waals surface area contributed by atoms with Crippen molar-refractivity contribution in [2.24, 2.45) is 5.18 Å². The fourth-order valence-corrected chi connectivity index (χ4v) is 1.08. The second-order valence-electron chi connectivity index (χ2n) is 2.61. The van der Waals surface area contributed by atoms with Crippen LogP contribution in [-0.2, 0) is 4.74 Å². The van der Waals surface area contributed by atoms with Crippen molar-refractivity contribution in [3.8, 4) is 0 Å². The van der Waals surface area contributed by atoms with E-state index in [9.17, 15) is 4.91 Å². The van der Waals surface area contributed by atoms with Crippen LogP contribution in [0.2, 0.25) is 0 Å². The third-order valence-corrected chi connectivity index (χ3v) is 1.79. The van der Waals surface area contributed by atoms with Crippen LogP contribution in [0.5, 0.6) is 0 Å². The molecule has 0 amide bonds. The first-order valence-electron chi connectivity index (χ1n) is 4.51. The molecular formula is C8H17NO4. The van der Waals surface area contributed by atoms with Crippen LogP contribution >= 0.6 is 0 Å². The number of ether oxygens (including phenoxy) is 1. The van der Waals surface area contributed by atoms with Gasteiger partial charge >= 0.3 is 0 Å². The first-order chi connectivity index (χ1) is 6.27. The zero-order valence-corrected chi connectivity index (χ0v) is 8.01. The summed E-state index contributed by atoms with van der Waals surface area (Å²) in [5, 5.41) is 20.5. The molecule has 3 unspecified atom stereocenters. The third kappa shape index (κ3) is 3.80. The number of aliphatic hydroxyl groups excluding tert-OH is 2. The highest BCUT2D eigenvalue weighted by molar-refractivity contribution is 4.82. The molecule has 13 heavy (non-hydrogen) atoms. The van der Waals surface area contributed by atoms with Crippen LogP contribution in [0.3, 0.4) is 0 Å². The van der Waals surface area contributed by atoms with Crippen LogP contribution in [0.15, 0.2) is 5.18 Å². The molecule has 1 heterocycles. The fourth-order valence-electron chi connectivity index (χ4n) is 1.08. The van der Waals surface area contributed by atoms with Crippen LogP contribution in [-0.4, -0.2) is 41.7 Å². The standard InChI is InChI=1S/C6H11NO4.C2H6/c8-2-4-1-5(7-10)6(9)3-11-4;1-2/h4-6,8-9H,1-3H2;1-2H3. The van der Waals surface area contributed by atoms with Gasteiger partial charge in [-0.1, -0.05) is 19.0 Å². The van der Waals surface area contributed by atoms with Gasteiger partial charge in [0.2, 0.25) is 0 Å². The summed E-state index contributed by atoms with van der Waals surface area (Å²) >= 11 is 0. The Labute approximate surface area is 77.7 Å². The molecule has 3 atom stereocenters. The average molecular weight is 191 g/mol. The van der Waals surface area contributed by atoms with Gasteiger partial charge in [0.25, 0.3) is 0 Å². The molecule has 0 radical (unpaired) electrons. The van der Waals surface area contributed by atoms with Crippen LogP contribution in [0.4, 0.5) is 0 Å². The smallest absolute Gasteiger partial charge is 0.123 e. The number of nitrogens with zero attached hydrogens (tertiary/aromatic N) is 1. The van der Waals surface area contributed by atoms with Gasteiger partial charge in [-0.2, -0.15) is 4.91 Å². The van der Waals surface area contributed by atoms with E-state index in [2.05, 4.69) is 5.18 Å². The van der Waals surface area contributed by atoms with Crippen molar-refractivity contribution >= 4 is 0 Å². The van der Waals surface area contributed by atoms with Gasteiger partial charge < -0.3 is 14.9 Å². The summed E-state index contributed by atoms with van der Waals surface area (Å²) in [5.74, 6) is 0. The quantitative estimate of drug-likeness (QED) is 0.615. The van der Waals surface area contributed by atoms with E-state index >= 15 is 0 Å². The number of hydrogen-bond donors (Lipinski definition) is 2. The summed E-state index contributed by atoms with van der Waals surface area (Å²) in [6, 6.07) is -0.624. The minimum absolute atomic E-state index is 0.0850. The van der Waals surface area contributed by atoms with Crippen LogP contribution in [0.25, 0.3) is 0 Å². The zero-order chi connectivity index (χ0) is 10.3. The Morgan fingerprint density at radius 2 is 2.15 bits per heavy atom. The SMILES string of the molecule is CC.O=NC1CC(CO)OCC1O. The molecule has 0 saturated carbocycles. The number of hydrogen-bond acceptors (Lipinski definition) is 5. The molecular weight excluding hydrogens is 174 g/mol. The lowest BCUT2D eigenvalue weighted by atomic mass is 10.0. The Morgan fingerprint density at radius 3 is 2.62 bits per heavy atom. The summed E-state index contributed by atoms with van der Waals surface area (Å²) in [6.45, 7) is 3.96. The molecule has 0 aromatic carbocycles. The van der Waals surface area contributed by atoms with Crippen LogP contribution in [0.1, 0.15) is 20.3 Å². The van der Waals surface area contributed by atoms with Crippen molar-refractivity contribution in [1.82, 2.24) is 0 Å². The minimum atomic E-state index is -0.810. The van der Waals surface area contributed by atoms with Gasteiger partial charge in [-0.25, -0.2) is 0 Å². The molecule has 5 heteroatoms. The van der Waals surface area contributed by atoms with Crippen molar-refractivity contribution in [2.45, 2.75) is 38.5 Å². The molecule has 1 fully saturated rings. The lowest BCUT2D eigenvalue weighted by molar-refractivity contribution is -0.0825. The minimum Gasteiger partial charge on any atom is -0.394 e. The molecule has 0 bridgehead atoms. The van der Waals surface area contributed by atoms with Crippen molar-refractivity contribution < 1.29 is 14.9 Å². The molecule has 0 aliphatic carbocycles. The Morgan fingerprint density at radius 1 is 1.54 bits per heavy atom. The van der Waals surface area contributed by atoms with E-state index in [1.54, 1.807) is 0 Å². The van der Waals surface area contributed by atoms with E-state index in [0.717, 1.165) is 0 Å². The number of rotatable bonds is 2. The van der Waals surface area contributed by atoms with Crippen LogP contribution < -0.4 is 0 Å². The molecule has 5 nitrogen and oxygen atoms in total. The molecule has 2 N–H and O–H groups in total. The molecule has 1 rings (SSSR count). The van der Waals surface area contributed by atoms with Crippen molar-refractivity contribution in [2.75, 3.05) is 13.2 Å². The Kier molecular flexibility index (Phi) is 6.66. The first-order valence-corrected chi connectivity index (χ1v) is 4.51. The summed E-state index contributed by atoms with van der Waals surface area (Å²) < 4.78 is 4.97. The maximum Gasteiger partial charge on any atom is 0.123 e. The lowest BCUT2D eigenvalue weighted by Crippen LogP contribution is -2.41. The summed E-state index contributed by atoms with van der Waals surface area (Å²) in [4.78, 5) is 10.1. The Bertz CT molecular complexity index is 142. The van der Waals surface area contributed by atoms with Gasteiger partial charge in [-0.05, 0) is 0 Å². The highest BCUT2D eigenvalue weighted by atomic mass is 16.5. The Hall–Kier alpha value is -0.520. The molecule has 0 spiro atoms. The molecule has 78 valence electrons. The monoisotopic (exact) mass is 191 g/mol. The summed E-state index contributed by atoms with van der Waals surface area (Å²) in [5.41, 5.74) is 0. The molecule has 1 saturated heterocycles. The zero-order valence-electron chi connectivity index (χ0n) is 8.01. The first kappa shape index (κ1) is 12.5. The molecule has 1 aliphatic rings. The maximum atomic E-state index is 10.1. The van der Waals surface area contributed by atoms with Crippen molar-refractivity contribution in [1.29, 1.82) is 0 Å². The third-order valence-electron chi connectivity index (χ3n) is 1.79. The van der Waals surface area contributed by atoms with E-state index in [-0.39, 0.29) is 19.3 Å². The maximum absolute atomic E-state index is 10.1. The number of aliphatic hydroxyl groups is 2. The van der Waals surface area contributed by atoms with Crippen molar-refractivity contribution in [3.05, 3.63) is 4.91 Å². The van der Waals surface area contributed by atoms with Gasteiger partial charge in [0.1, 0.15) is 12.1 Å². The predicted molar refractivity (Wildman–Crippen MR) is 48.4 cm³/mol. The van der Waals surface area contributed by atoms with E-state index in [1.807, 2.05) is 13.8 Å².